The van der Waals surface area contributed by atoms with Gasteiger partial charge in [0.05, 0.1) is 47.4 Å². The molecule has 204 valence electrons. The third-order valence-electron chi connectivity index (χ3n) is 6.96. The molecule has 5 aromatic rings. The Kier molecular flexibility index (Phi) is 6.94. The van der Waals surface area contributed by atoms with Gasteiger partial charge in [-0.1, -0.05) is 72.0 Å². The van der Waals surface area contributed by atoms with Crippen LogP contribution >= 0.6 is 11.3 Å². The maximum Gasteiger partial charge on any atom is 0.338 e. The van der Waals surface area contributed by atoms with Crippen LogP contribution in [0.5, 0.6) is 5.75 Å². The number of ether oxygens (including phenoxy) is 2. The fourth-order valence-corrected chi connectivity index (χ4v) is 6.00. The summed E-state index contributed by atoms with van der Waals surface area (Å²) in [4.78, 5) is 32.2. The molecule has 0 amide bonds. The Balaban J connectivity index is 1.56. The molecule has 0 saturated carbocycles. The van der Waals surface area contributed by atoms with Gasteiger partial charge in [0, 0.05) is 17.3 Å². The molecule has 0 aliphatic carbocycles. The first-order valence-corrected chi connectivity index (χ1v) is 13.8. The van der Waals surface area contributed by atoms with Crippen LogP contribution < -0.4 is 19.6 Å². The summed E-state index contributed by atoms with van der Waals surface area (Å²) in [7, 11) is 2.92. The molecule has 9 heteroatoms. The number of allylic oxidation sites excluding steroid dienone is 1. The average molecular weight is 563 g/mol. The molecule has 41 heavy (non-hydrogen) atoms. The number of fused-ring (bicyclic) bond motifs is 1. The van der Waals surface area contributed by atoms with Gasteiger partial charge in [-0.05, 0) is 42.8 Å². The number of benzene rings is 3. The van der Waals surface area contributed by atoms with Crippen molar-refractivity contribution in [3.63, 3.8) is 0 Å². The molecule has 0 N–H and O–H groups in total. The Bertz CT molecular complexity index is 1950. The number of rotatable bonds is 6. The van der Waals surface area contributed by atoms with Crippen LogP contribution in [0.25, 0.3) is 23.0 Å². The Labute approximate surface area is 239 Å². The lowest BCUT2D eigenvalue weighted by atomic mass is 9.96. The van der Waals surface area contributed by atoms with E-state index < -0.39 is 12.0 Å². The summed E-state index contributed by atoms with van der Waals surface area (Å²) in [6.45, 7) is 1.76. The minimum atomic E-state index is -0.701. The van der Waals surface area contributed by atoms with Crippen molar-refractivity contribution in [3.8, 4) is 22.7 Å². The molecule has 3 heterocycles. The number of hydrogen-bond donors (Lipinski definition) is 0. The Hall–Kier alpha value is -5.02. The van der Waals surface area contributed by atoms with Crippen molar-refractivity contribution in [1.82, 2.24) is 14.3 Å². The number of carbonyl (C=O) groups is 1. The van der Waals surface area contributed by atoms with Gasteiger partial charge in [-0.15, -0.1) is 0 Å². The topological polar surface area (TPSA) is 87.7 Å². The Morgan fingerprint density at radius 2 is 1.63 bits per heavy atom. The number of thiazole rings is 1. The van der Waals surface area contributed by atoms with Crippen molar-refractivity contribution < 1.29 is 14.3 Å². The minimum absolute atomic E-state index is 0.255. The van der Waals surface area contributed by atoms with Crippen molar-refractivity contribution in [2.24, 2.45) is 4.99 Å². The zero-order valence-electron chi connectivity index (χ0n) is 22.6. The van der Waals surface area contributed by atoms with Gasteiger partial charge < -0.3 is 9.47 Å². The van der Waals surface area contributed by atoms with E-state index >= 15 is 0 Å². The van der Waals surface area contributed by atoms with Gasteiger partial charge in [0.2, 0.25) is 0 Å². The van der Waals surface area contributed by atoms with Crippen molar-refractivity contribution in [3.05, 3.63) is 133 Å². The van der Waals surface area contributed by atoms with Gasteiger partial charge >= 0.3 is 5.97 Å². The summed E-state index contributed by atoms with van der Waals surface area (Å²) in [5.74, 6) is 0.141. The normalized spacial score (nSPS) is 14.9. The molecule has 0 bridgehead atoms. The van der Waals surface area contributed by atoms with Crippen molar-refractivity contribution in [2.45, 2.75) is 13.0 Å². The van der Waals surface area contributed by atoms with Crippen LogP contribution in [0.15, 0.2) is 112 Å². The van der Waals surface area contributed by atoms with Crippen LogP contribution in [0.1, 0.15) is 24.1 Å². The molecule has 0 unspecified atom stereocenters. The second-order valence-corrected chi connectivity index (χ2v) is 10.4. The smallest absolute Gasteiger partial charge is 0.338 e. The standard InChI is InChI=1S/C32H26N4O4S/c1-20-27(31(38)40-3)29(22-14-16-25(39-2)17-15-22)36-30(37)26(41-32(36)33-20)18-23-19-35(24-12-8-5-9-13-24)34-28(23)21-10-6-4-7-11-21/h4-19,29H,1-3H3/b26-18+/t29-/m1/s1. The summed E-state index contributed by atoms with van der Waals surface area (Å²) in [5.41, 5.74) is 4.69. The van der Waals surface area contributed by atoms with E-state index in [1.165, 1.54) is 18.4 Å². The van der Waals surface area contributed by atoms with E-state index in [1.807, 2.05) is 89.8 Å². The van der Waals surface area contributed by atoms with E-state index in [2.05, 4.69) is 4.99 Å². The molecule has 1 aliphatic rings. The highest BCUT2D eigenvalue weighted by Gasteiger charge is 2.33. The third kappa shape index (κ3) is 4.81. The number of aromatic nitrogens is 3. The molecule has 1 atom stereocenters. The molecule has 0 radical (unpaired) electrons. The number of methoxy groups -OCH3 is 2. The monoisotopic (exact) mass is 562 g/mol. The molecule has 2 aromatic heterocycles. The summed E-state index contributed by atoms with van der Waals surface area (Å²) >= 11 is 1.28. The summed E-state index contributed by atoms with van der Waals surface area (Å²) in [6, 6.07) is 26.3. The molecule has 0 spiro atoms. The first-order valence-electron chi connectivity index (χ1n) is 12.9. The number of nitrogens with zero attached hydrogens (tertiary/aromatic N) is 4. The largest absolute Gasteiger partial charge is 0.497 e. The fourth-order valence-electron chi connectivity index (χ4n) is 4.96. The second-order valence-electron chi connectivity index (χ2n) is 9.43. The van der Waals surface area contributed by atoms with Gasteiger partial charge in [-0.3, -0.25) is 9.36 Å². The highest BCUT2D eigenvalue weighted by Crippen LogP contribution is 2.31. The summed E-state index contributed by atoms with van der Waals surface area (Å²) in [6.07, 6.45) is 3.77. The van der Waals surface area contributed by atoms with E-state index in [9.17, 15) is 9.59 Å². The van der Waals surface area contributed by atoms with E-state index in [-0.39, 0.29) is 5.56 Å². The summed E-state index contributed by atoms with van der Waals surface area (Å²) < 4.78 is 14.3. The molecule has 1 aliphatic heterocycles. The van der Waals surface area contributed by atoms with Gasteiger partial charge in [0.15, 0.2) is 4.80 Å². The quantitative estimate of drug-likeness (QED) is 0.289. The first-order chi connectivity index (χ1) is 20.0. The molecule has 0 saturated heterocycles. The molecule has 3 aromatic carbocycles. The van der Waals surface area contributed by atoms with E-state index in [0.717, 1.165) is 28.1 Å². The van der Waals surface area contributed by atoms with E-state index in [1.54, 1.807) is 30.7 Å². The molecule has 6 rings (SSSR count). The van der Waals surface area contributed by atoms with Crippen molar-refractivity contribution in [2.75, 3.05) is 14.2 Å². The lowest BCUT2D eigenvalue weighted by Crippen LogP contribution is -2.39. The SMILES string of the molecule is COC(=O)C1=C(C)N=c2s/c(=C/c3cn(-c4ccccc4)nc3-c3ccccc3)c(=O)n2[C@@H]1c1ccc(OC)cc1. The Morgan fingerprint density at radius 3 is 2.29 bits per heavy atom. The van der Waals surface area contributed by atoms with Crippen LogP contribution in [0.4, 0.5) is 0 Å². The van der Waals surface area contributed by atoms with Crippen LogP contribution in [-0.4, -0.2) is 34.5 Å². The number of esters is 1. The van der Waals surface area contributed by atoms with Crippen LogP contribution in [0.3, 0.4) is 0 Å². The predicted molar refractivity (Wildman–Crippen MR) is 158 cm³/mol. The molecular weight excluding hydrogens is 536 g/mol. The van der Waals surface area contributed by atoms with Gasteiger partial charge in [0.25, 0.3) is 5.56 Å². The zero-order valence-corrected chi connectivity index (χ0v) is 23.5. The number of para-hydroxylation sites is 1. The second kappa shape index (κ2) is 10.9. The number of carbonyl (C=O) groups excluding carboxylic acids is 1. The van der Waals surface area contributed by atoms with Crippen LogP contribution in [-0.2, 0) is 9.53 Å². The zero-order chi connectivity index (χ0) is 28.5. The third-order valence-corrected chi connectivity index (χ3v) is 7.94. The summed E-state index contributed by atoms with van der Waals surface area (Å²) in [5, 5.41) is 4.87. The molecule has 8 nitrogen and oxygen atoms in total. The maximum absolute atomic E-state index is 14.1. The maximum atomic E-state index is 14.1. The van der Waals surface area contributed by atoms with Crippen LogP contribution in [0.2, 0.25) is 0 Å². The predicted octanol–water partition coefficient (Wildman–Crippen LogP) is 4.27. The first kappa shape index (κ1) is 26.2. The van der Waals surface area contributed by atoms with Gasteiger partial charge in [-0.25, -0.2) is 14.5 Å². The fraction of sp³-hybridized carbons (Fsp3) is 0.125. The van der Waals surface area contributed by atoms with Crippen LogP contribution in [0, 0.1) is 0 Å². The molecule has 0 fully saturated rings. The lowest BCUT2D eigenvalue weighted by Gasteiger charge is -2.24. The van der Waals surface area contributed by atoms with Gasteiger partial charge in [0.1, 0.15) is 5.75 Å². The highest BCUT2D eigenvalue weighted by molar-refractivity contribution is 7.07. The lowest BCUT2D eigenvalue weighted by molar-refractivity contribution is -0.136. The average Bonchev–Trinajstić information content (AvgIpc) is 3.57. The van der Waals surface area contributed by atoms with Crippen molar-refractivity contribution in [1.29, 1.82) is 0 Å². The van der Waals surface area contributed by atoms with Crippen molar-refractivity contribution >= 4 is 23.4 Å². The molecular formula is C32H26N4O4S. The minimum Gasteiger partial charge on any atom is -0.497 e. The van der Waals surface area contributed by atoms with E-state index in [0.29, 0.717) is 26.4 Å². The Morgan fingerprint density at radius 1 is 0.951 bits per heavy atom. The number of hydrogen-bond acceptors (Lipinski definition) is 7. The highest BCUT2D eigenvalue weighted by atomic mass is 32.1. The van der Waals surface area contributed by atoms with E-state index in [4.69, 9.17) is 14.6 Å². The van der Waals surface area contributed by atoms with Gasteiger partial charge in [-0.2, -0.15) is 5.10 Å².